The van der Waals surface area contributed by atoms with E-state index in [1.165, 1.54) is 23.1 Å². The predicted octanol–water partition coefficient (Wildman–Crippen LogP) is 4.40. The third kappa shape index (κ3) is 7.31. The summed E-state index contributed by atoms with van der Waals surface area (Å²) >= 11 is 8.55. The van der Waals surface area contributed by atoms with Gasteiger partial charge in [0.05, 0.1) is 24.0 Å². The van der Waals surface area contributed by atoms with Gasteiger partial charge in [0.2, 0.25) is 5.91 Å². The van der Waals surface area contributed by atoms with Crippen molar-refractivity contribution in [2.24, 2.45) is 7.05 Å². The Morgan fingerprint density at radius 1 is 1.18 bits per heavy atom. The largest absolute Gasteiger partial charge is 0.484 e. The number of thioether (sulfide) groups is 1. The minimum Gasteiger partial charge on any atom is -0.484 e. The smallest absolute Gasteiger partial charge is 0.341 e. The number of esters is 1. The van der Waals surface area contributed by atoms with Crippen molar-refractivity contribution >= 4 is 57.5 Å². The van der Waals surface area contributed by atoms with Crippen LogP contribution < -0.4 is 15.4 Å². The molecule has 3 aromatic rings. The SMILES string of the molecule is CCOC(=O)c1c(NC(=O)C(C)Sc2nnc(CNC(=O)COc3ccc(Cl)cc3)n2C)sc2c1CCCC2. The Labute approximate surface area is 239 Å². The molecule has 0 aliphatic heterocycles. The van der Waals surface area contributed by atoms with E-state index in [0.717, 1.165) is 36.1 Å². The van der Waals surface area contributed by atoms with Crippen LogP contribution in [-0.4, -0.2) is 51.0 Å². The third-order valence-corrected chi connectivity index (χ3v) is 8.68. The highest BCUT2D eigenvalue weighted by Gasteiger charge is 2.28. The van der Waals surface area contributed by atoms with Crippen LogP contribution in [0.2, 0.25) is 5.02 Å². The van der Waals surface area contributed by atoms with Crippen LogP contribution in [-0.2, 0) is 40.8 Å². The summed E-state index contributed by atoms with van der Waals surface area (Å²) in [7, 11) is 1.77. The second-order valence-electron chi connectivity index (χ2n) is 8.86. The highest BCUT2D eigenvalue weighted by atomic mass is 35.5. The first-order valence-corrected chi connectivity index (χ1v) is 14.7. The molecule has 0 fully saturated rings. The molecule has 0 saturated heterocycles. The summed E-state index contributed by atoms with van der Waals surface area (Å²) in [5, 5.41) is 15.2. The molecule has 0 radical (unpaired) electrons. The van der Waals surface area contributed by atoms with Crippen molar-refractivity contribution in [3.8, 4) is 5.75 Å². The van der Waals surface area contributed by atoms with Crippen molar-refractivity contribution < 1.29 is 23.9 Å². The summed E-state index contributed by atoms with van der Waals surface area (Å²) in [6.45, 7) is 3.80. The molecule has 208 valence electrons. The molecule has 1 unspecified atom stereocenters. The number of hydrogen-bond donors (Lipinski definition) is 2. The number of aromatic nitrogens is 3. The number of thiophene rings is 1. The monoisotopic (exact) mass is 591 g/mol. The maximum Gasteiger partial charge on any atom is 0.341 e. The summed E-state index contributed by atoms with van der Waals surface area (Å²) in [5.41, 5.74) is 1.48. The van der Waals surface area contributed by atoms with Gasteiger partial charge in [-0.3, -0.25) is 9.59 Å². The number of halogens is 1. The van der Waals surface area contributed by atoms with Crippen LogP contribution in [0.5, 0.6) is 5.75 Å². The number of hydrogen-bond acceptors (Lipinski definition) is 9. The fourth-order valence-electron chi connectivity index (χ4n) is 4.01. The fraction of sp³-hybridized carbons (Fsp3) is 0.423. The van der Waals surface area contributed by atoms with E-state index in [9.17, 15) is 14.4 Å². The number of rotatable bonds is 11. The van der Waals surface area contributed by atoms with Crippen molar-refractivity contribution in [1.29, 1.82) is 0 Å². The highest BCUT2D eigenvalue weighted by molar-refractivity contribution is 8.00. The van der Waals surface area contributed by atoms with Gasteiger partial charge in [0.1, 0.15) is 10.8 Å². The summed E-state index contributed by atoms with van der Waals surface area (Å²) in [5.74, 6) is 0.107. The quantitative estimate of drug-likeness (QED) is 0.248. The zero-order chi connectivity index (χ0) is 27.9. The van der Waals surface area contributed by atoms with Crippen molar-refractivity contribution in [2.45, 2.75) is 56.5 Å². The van der Waals surface area contributed by atoms with Gasteiger partial charge in [-0.15, -0.1) is 21.5 Å². The third-order valence-electron chi connectivity index (χ3n) is 6.09. The lowest BCUT2D eigenvalue weighted by Gasteiger charge is -2.13. The van der Waals surface area contributed by atoms with E-state index in [0.29, 0.717) is 32.3 Å². The van der Waals surface area contributed by atoms with Crippen molar-refractivity contribution in [2.75, 3.05) is 18.5 Å². The molecular formula is C26H30ClN5O5S2. The molecule has 1 atom stereocenters. The number of anilines is 1. The zero-order valence-corrected chi connectivity index (χ0v) is 24.3. The molecule has 39 heavy (non-hydrogen) atoms. The Morgan fingerprint density at radius 2 is 1.92 bits per heavy atom. The van der Waals surface area contributed by atoms with Crippen LogP contribution in [0.25, 0.3) is 0 Å². The Hall–Kier alpha value is -3.09. The molecule has 0 bridgehead atoms. The maximum absolute atomic E-state index is 13.1. The number of nitrogens with zero attached hydrogens (tertiary/aromatic N) is 3. The highest BCUT2D eigenvalue weighted by Crippen LogP contribution is 2.39. The van der Waals surface area contributed by atoms with E-state index in [1.54, 1.807) is 49.7 Å². The first kappa shape index (κ1) is 28.9. The lowest BCUT2D eigenvalue weighted by molar-refractivity contribution is -0.123. The summed E-state index contributed by atoms with van der Waals surface area (Å²) in [6.07, 6.45) is 3.80. The maximum atomic E-state index is 13.1. The lowest BCUT2D eigenvalue weighted by Crippen LogP contribution is -2.29. The lowest BCUT2D eigenvalue weighted by atomic mass is 9.95. The Bertz CT molecular complexity index is 1340. The molecule has 4 rings (SSSR count). The first-order chi connectivity index (χ1) is 18.8. The van der Waals surface area contributed by atoms with Gasteiger partial charge < -0.3 is 24.7 Å². The summed E-state index contributed by atoms with van der Waals surface area (Å²) in [4.78, 5) is 39.1. The Kier molecular flexibility index (Phi) is 9.87. The van der Waals surface area contributed by atoms with Crippen molar-refractivity contribution in [1.82, 2.24) is 20.1 Å². The van der Waals surface area contributed by atoms with E-state index < -0.39 is 11.2 Å². The molecule has 10 nitrogen and oxygen atoms in total. The standard InChI is InChI=1S/C26H30ClN5O5S2/c1-4-36-25(35)22-18-7-5-6-8-19(18)39-24(22)29-23(34)15(2)38-26-31-30-20(32(26)3)13-28-21(33)14-37-17-11-9-16(27)10-12-17/h9-12,15H,4-8,13-14H2,1-3H3,(H,28,33)(H,29,34). The van der Waals surface area contributed by atoms with Crippen LogP contribution in [0.4, 0.5) is 5.00 Å². The van der Waals surface area contributed by atoms with Gasteiger partial charge >= 0.3 is 5.97 Å². The van der Waals surface area contributed by atoms with E-state index in [2.05, 4.69) is 20.8 Å². The summed E-state index contributed by atoms with van der Waals surface area (Å²) < 4.78 is 12.5. The number of ether oxygens (including phenoxy) is 2. The number of carbonyl (C=O) groups excluding carboxylic acids is 3. The van der Waals surface area contributed by atoms with Gasteiger partial charge in [0.15, 0.2) is 17.6 Å². The average Bonchev–Trinajstić information content (AvgIpc) is 3.46. The second-order valence-corrected chi connectivity index (χ2v) is 11.7. The van der Waals surface area contributed by atoms with E-state index >= 15 is 0 Å². The molecule has 1 aliphatic carbocycles. The van der Waals surface area contributed by atoms with Gasteiger partial charge in [-0.2, -0.15) is 0 Å². The first-order valence-electron chi connectivity index (χ1n) is 12.6. The van der Waals surface area contributed by atoms with Gasteiger partial charge in [0, 0.05) is 16.9 Å². The minimum atomic E-state index is -0.516. The van der Waals surface area contributed by atoms with Crippen LogP contribution >= 0.6 is 34.7 Å². The van der Waals surface area contributed by atoms with Crippen molar-refractivity contribution in [3.05, 3.63) is 51.1 Å². The van der Waals surface area contributed by atoms with Gasteiger partial charge in [-0.05, 0) is 69.4 Å². The second kappa shape index (κ2) is 13.3. The van der Waals surface area contributed by atoms with Crippen LogP contribution in [0.3, 0.4) is 0 Å². The molecule has 1 aromatic carbocycles. The van der Waals surface area contributed by atoms with Gasteiger partial charge in [0.25, 0.3) is 5.91 Å². The number of carbonyl (C=O) groups is 3. The van der Waals surface area contributed by atoms with Gasteiger partial charge in [-0.1, -0.05) is 23.4 Å². The van der Waals surface area contributed by atoms with Crippen molar-refractivity contribution in [3.63, 3.8) is 0 Å². The topological polar surface area (TPSA) is 124 Å². The molecule has 2 aromatic heterocycles. The van der Waals surface area contributed by atoms with Crippen LogP contribution in [0.15, 0.2) is 29.4 Å². The number of benzene rings is 1. The van der Waals surface area contributed by atoms with E-state index in [-0.39, 0.29) is 31.6 Å². The predicted molar refractivity (Wildman–Crippen MR) is 151 cm³/mol. The van der Waals surface area contributed by atoms with Crippen LogP contribution in [0, 0.1) is 0 Å². The Balaban J connectivity index is 1.32. The number of amides is 2. The molecule has 2 N–H and O–H groups in total. The molecule has 1 aliphatic rings. The molecule has 0 saturated carbocycles. The number of fused-ring (bicyclic) bond motifs is 1. The minimum absolute atomic E-state index is 0.150. The van der Waals surface area contributed by atoms with Gasteiger partial charge in [-0.25, -0.2) is 4.79 Å². The number of aryl methyl sites for hydroxylation is 1. The van der Waals surface area contributed by atoms with E-state index in [1.807, 2.05) is 0 Å². The zero-order valence-electron chi connectivity index (χ0n) is 21.9. The van der Waals surface area contributed by atoms with Crippen LogP contribution in [0.1, 0.15) is 53.3 Å². The number of nitrogens with one attached hydrogen (secondary N) is 2. The normalized spacial score (nSPS) is 13.3. The molecule has 13 heteroatoms. The summed E-state index contributed by atoms with van der Waals surface area (Å²) in [6, 6.07) is 6.73. The molecule has 0 spiro atoms. The average molecular weight is 592 g/mol. The van der Waals surface area contributed by atoms with E-state index in [4.69, 9.17) is 21.1 Å². The molecule has 2 heterocycles. The fourth-order valence-corrected chi connectivity index (χ4v) is 6.25. The Morgan fingerprint density at radius 3 is 2.67 bits per heavy atom. The molecular weight excluding hydrogens is 562 g/mol. The molecule has 2 amide bonds.